The molecule has 0 aliphatic heterocycles. The summed E-state index contributed by atoms with van der Waals surface area (Å²) >= 11 is 1.35. The second kappa shape index (κ2) is 6.06. The zero-order valence-corrected chi connectivity index (χ0v) is 10.1. The van der Waals surface area contributed by atoms with Crippen molar-refractivity contribution in [3.63, 3.8) is 0 Å². The Kier molecular flexibility index (Phi) is 5.01. The van der Waals surface area contributed by atoms with E-state index >= 15 is 0 Å². The molecule has 0 spiro atoms. The Labute approximate surface area is 101 Å². The fourth-order valence-electron chi connectivity index (χ4n) is 1.26. The van der Waals surface area contributed by atoms with Gasteiger partial charge in [-0.15, -0.1) is 11.8 Å². The number of nitrogens with two attached hydrogens (primary N) is 1. The predicted octanol–water partition coefficient (Wildman–Crippen LogP) is 1.53. The highest BCUT2D eigenvalue weighted by Crippen LogP contribution is 2.22. The van der Waals surface area contributed by atoms with E-state index < -0.39 is 12.7 Å². The molecule has 17 heavy (non-hydrogen) atoms. The van der Waals surface area contributed by atoms with Crippen LogP contribution < -0.4 is 10.6 Å². The predicted molar refractivity (Wildman–Crippen MR) is 61.1 cm³/mol. The van der Waals surface area contributed by atoms with Crippen molar-refractivity contribution in [2.45, 2.75) is 11.2 Å². The smallest absolute Gasteiger partial charge is 0.346 e. The molecule has 96 valence electrons. The maximum atomic E-state index is 12.4. The van der Waals surface area contributed by atoms with Crippen molar-refractivity contribution in [2.24, 2.45) is 5.73 Å². The Hall–Kier alpha value is -1.02. The SMILES string of the molecule is CSc1cc(N(CCN)CC(F)(F)F)ncn1. The van der Waals surface area contributed by atoms with Gasteiger partial charge in [0.1, 0.15) is 23.7 Å². The van der Waals surface area contributed by atoms with Crippen LogP contribution in [0.25, 0.3) is 0 Å². The van der Waals surface area contributed by atoms with E-state index in [1.807, 2.05) is 0 Å². The summed E-state index contributed by atoms with van der Waals surface area (Å²) in [5.74, 6) is 0.243. The average Bonchev–Trinajstić information content (AvgIpc) is 2.27. The first-order valence-electron chi connectivity index (χ1n) is 4.84. The van der Waals surface area contributed by atoms with Gasteiger partial charge in [0.05, 0.1) is 0 Å². The summed E-state index contributed by atoms with van der Waals surface area (Å²) in [5.41, 5.74) is 5.30. The minimum atomic E-state index is -4.28. The minimum Gasteiger partial charge on any atom is -0.346 e. The van der Waals surface area contributed by atoms with Gasteiger partial charge in [-0.25, -0.2) is 9.97 Å². The highest BCUT2D eigenvalue weighted by atomic mass is 32.2. The minimum absolute atomic E-state index is 0.102. The maximum absolute atomic E-state index is 12.4. The van der Waals surface area contributed by atoms with Gasteiger partial charge in [0.25, 0.3) is 0 Å². The van der Waals surface area contributed by atoms with E-state index in [1.54, 1.807) is 6.26 Å². The van der Waals surface area contributed by atoms with E-state index in [0.29, 0.717) is 5.03 Å². The molecule has 1 aromatic heterocycles. The van der Waals surface area contributed by atoms with E-state index in [-0.39, 0.29) is 18.9 Å². The fourth-order valence-corrected chi connectivity index (χ4v) is 1.64. The first kappa shape index (κ1) is 14.0. The van der Waals surface area contributed by atoms with Crippen LogP contribution in [0.1, 0.15) is 0 Å². The van der Waals surface area contributed by atoms with Crippen LogP contribution in [0.5, 0.6) is 0 Å². The monoisotopic (exact) mass is 266 g/mol. The van der Waals surface area contributed by atoms with E-state index in [9.17, 15) is 13.2 Å². The quantitative estimate of drug-likeness (QED) is 0.647. The third-order valence-electron chi connectivity index (χ3n) is 1.93. The Balaban J connectivity index is 2.88. The van der Waals surface area contributed by atoms with Crippen LogP contribution in [-0.4, -0.2) is 42.0 Å². The van der Waals surface area contributed by atoms with E-state index in [1.165, 1.54) is 24.2 Å². The molecular formula is C9H13F3N4S. The van der Waals surface area contributed by atoms with Crippen molar-refractivity contribution in [3.05, 3.63) is 12.4 Å². The molecule has 0 unspecified atom stereocenters. The molecule has 1 rings (SSSR count). The average molecular weight is 266 g/mol. The number of thioether (sulfide) groups is 1. The van der Waals surface area contributed by atoms with Crippen LogP contribution >= 0.6 is 11.8 Å². The summed E-state index contributed by atoms with van der Waals surface area (Å²) < 4.78 is 37.1. The van der Waals surface area contributed by atoms with Crippen LogP contribution in [0.15, 0.2) is 17.4 Å². The zero-order valence-electron chi connectivity index (χ0n) is 9.24. The molecule has 0 amide bonds. The lowest BCUT2D eigenvalue weighted by Gasteiger charge is -2.24. The third-order valence-corrected chi connectivity index (χ3v) is 2.57. The van der Waals surface area contributed by atoms with Gasteiger partial charge in [-0.1, -0.05) is 0 Å². The first-order chi connectivity index (χ1) is 7.96. The van der Waals surface area contributed by atoms with Crippen LogP contribution in [-0.2, 0) is 0 Å². The maximum Gasteiger partial charge on any atom is 0.405 e. The summed E-state index contributed by atoms with van der Waals surface area (Å²) in [4.78, 5) is 8.84. The van der Waals surface area contributed by atoms with Gasteiger partial charge in [-0.2, -0.15) is 13.2 Å². The zero-order chi connectivity index (χ0) is 12.9. The van der Waals surface area contributed by atoms with Crippen molar-refractivity contribution >= 4 is 17.6 Å². The summed E-state index contributed by atoms with van der Waals surface area (Å²) in [6, 6.07) is 1.52. The molecule has 0 saturated carbocycles. The van der Waals surface area contributed by atoms with Crippen LogP contribution in [0.2, 0.25) is 0 Å². The molecule has 0 aliphatic rings. The summed E-state index contributed by atoms with van der Waals surface area (Å²) in [6.07, 6.45) is -1.23. The van der Waals surface area contributed by atoms with E-state index in [2.05, 4.69) is 9.97 Å². The first-order valence-corrected chi connectivity index (χ1v) is 6.06. The lowest BCUT2D eigenvalue weighted by molar-refractivity contribution is -0.119. The number of nitrogens with zero attached hydrogens (tertiary/aromatic N) is 3. The van der Waals surface area contributed by atoms with Crippen LogP contribution in [0.3, 0.4) is 0 Å². The number of anilines is 1. The molecule has 0 fully saturated rings. The Bertz CT molecular complexity index is 358. The van der Waals surface area contributed by atoms with Crippen molar-refractivity contribution in [1.82, 2.24) is 9.97 Å². The number of rotatable bonds is 5. The standard InChI is InChI=1S/C9H13F3N4S/c1-17-8-4-7(14-6-15-8)16(3-2-13)5-9(10,11)12/h4,6H,2-3,5,13H2,1H3. The lowest BCUT2D eigenvalue weighted by atomic mass is 10.4. The molecule has 0 saturated heterocycles. The topological polar surface area (TPSA) is 55.0 Å². The van der Waals surface area contributed by atoms with Crippen LogP contribution in [0, 0.1) is 0 Å². The molecule has 8 heteroatoms. The molecule has 2 N–H and O–H groups in total. The molecule has 1 heterocycles. The second-order valence-corrected chi connectivity index (χ2v) is 4.07. The summed E-state index contributed by atoms with van der Waals surface area (Å²) in [7, 11) is 0. The Morgan fingerprint density at radius 3 is 2.65 bits per heavy atom. The molecular weight excluding hydrogens is 253 g/mol. The Morgan fingerprint density at radius 1 is 1.41 bits per heavy atom. The highest BCUT2D eigenvalue weighted by molar-refractivity contribution is 7.98. The highest BCUT2D eigenvalue weighted by Gasteiger charge is 2.31. The van der Waals surface area contributed by atoms with Gasteiger partial charge >= 0.3 is 6.18 Å². The normalized spacial score (nSPS) is 11.6. The van der Waals surface area contributed by atoms with Crippen LogP contribution in [0.4, 0.5) is 19.0 Å². The lowest BCUT2D eigenvalue weighted by Crippen LogP contribution is -2.38. The van der Waals surface area contributed by atoms with Gasteiger partial charge in [0.2, 0.25) is 0 Å². The number of hydrogen-bond donors (Lipinski definition) is 1. The van der Waals surface area contributed by atoms with Gasteiger partial charge in [-0.3, -0.25) is 0 Å². The van der Waals surface area contributed by atoms with Gasteiger partial charge in [0, 0.05) is 19.2 Å². The number of hydrogen-bond acceptors (Lipinski definition) is 5. The van der Waals surface area contributed by atoms with Crippen molar-refractivity contribution in [1.29, 1.82) is 0 Å². The molecule has 4 nitrogen and oxygen atoms in total. The third kappa shape index (κ3) is 4.78. The molecule has 0 radical (unpaired) electrons. The van der Waals surface area contributed by atoms with Crippen molar-refractivity contribution < 1.29 is 13.2 Å². The van der Waals surface area contributed by atoms with Crippen molar-refractivity contribution in [3.8, 4) is 0 Å². The molecule has 0 bridgehead atoms. The molecule has 0 aliphatic carbocycles. The van der Waals surface area contributed by atoms with E-state index in [4.69, 9.17) is 5.73 Å². The Morgan fingerprint density at radius 2 is 2.12 bits per heavy atom. The number of aromatic nitrogens is 2. The number of halogens is 3. The number of alkyl halides is 3. The van der Waals surface area contributed by atoms with Gasteiger partial charge in [0.15, 0.2) is 0 Å². The second-order valence-electron chi connectivity index (χ2n) is 3.24. The van der Waals surface area contributed by atoms with Crippen molar-refractivity contribution in [2.75, 3.05) is 30.8 Å². The van der Waals surface area contributed by atoms with Gasteiger partial charge in [-0.05, 0) is 6.26 Å². The summed E-state index contributed by atoms with van der Waals surface area (Å²) in [6.45, 7) is -0.825. The fraction of sp³-hybridized carbons (Fsp3) is 0.556. The summed E-state index contributed by atoms with van der Waals surface area (Å²) in [5, 5.41) is 0.624. The van der Waals surface area contributed by atoms with Gasteiger partial charge < -0.3 is 10.6 Å². The van der Waals surface area contributed by atoms with E-state index in [0.717, 1.165) is 4.90 Å². The largest absolute Gasteiger partial charge is 0.405 e. The molecule has 1 aromatic rings. The molecule has 0 atom stereocenters. The molecule has 0 aromatic carbocycles.